The largest absolute Gasteiger partial charge is 0.396 e. The lowest BCUT2D eigenvalue weighted by Crippen LogP contribution is -2.19. The van der Waals surface area contributed by atoms with Crippen molar-refractivity contribution < 1.29 is 20.1 Å². The molecule has 0 aliphatic rings. The van der Waals surface area contributed by atoms with Gasteiger partial charge in [-0.15, -0.1) is 0 Å². The van der Waals surface area contributed by atoms with Crippen molar-refractivity contribution in [1.82, 2.24) is 0 Å². The summed E-state index contributed by atoms with van der Waals surface area (Å²) in [7, 11) is 0. The molecule has 2 unspecified atom stereocenters. The van der Waals surface area contributed by atoms with E-state index in [1.807, 2.05) is 30.3 Å². The van der Waals surface area contributed by atoms with Crippen LogP contribution in [0.4, 0.5) is 0 Å². The Morgan fingerprint density at radius 2 is 1.72 bits per heavy atom. The average molecular weight is 256 g/mol. The van der Waals surface area contributed by atoms with Gasteiger partial charge < -0.3 is 20.1 Å². The van der Waals surface area contributed by atoms with E-state index in [1.54, 1.807) is 13.8 Å². The maximum Gasteiger partial charge on any atom is 0.0779 e. The molecule has 4 nitrogen and oxygen atoms in total. The summed E-state index contributed by atoms with van der Waals surface area (Å²) < 4.78 is 4.95. The first kappa shape index (κ1) is 17.1. The topological polar surface area (TPSA) is 69.9 Å². The van der Waals surface area contributed by atoms with Gasteiger partial charge in [0, 0.05) is 6.61 Å². The van der Waals surface area contributed by atoms with Crippen LogP contribution >= 0.6 is 0 Å². The molecule has 0 radical (unpaired) electrons. The summed E-state index contributed by atoms with van der Waals surface area (Å²) in [6, 6.07) is 9.95. The summed E-state index contributed by atoms with van der Waals surface area (Å²) in [6.45, 7) is 3.94. The van der Waals surface area contributed by atoms with E-state index in [1.165, 1.54) is 5.56 Å². The molecular weight excluding hydrogens is 232 g/mol. The second-order valence-electron chi connectivity index (χ2n) is 4.13. The molecule has 2 atom stereocenters. The molecule has 0 heterocycles. The van der Waals surface area contributed by atoms with Crippen molar-refractivity contribution in [3.63, 3.8) is 0 Å². The molecule has 1 rings (SSSR count). The maximum absolute atomic E-state index is 8.69. The van der Waals surface area contributed by atoms with E-state index in [9.17, 15) is 0 Å². The number of hydrogen-bond acceptors (Lipinski definition) is 4. The van der Waals surface area contributed by atoms with Crippen molar-refractivity contribution in [1.29, 1.82) is 0 Å². The fraction of sp³-hybridized carbons (Fsp3) is 0.571. The fourth-order valence-electron chi connectivity index (χ4n) is 1.13. The van der Waals surface area contributed by atoms with Crippen LogP contribution in [0, 0.1) is 0 Å². The van der Waals surface area contributed by atoms with Crippen LogP contribution in [-0.4, -0.2) is 47.3 Å². The molecule has 0 aliphatic carbocycles. The Labute approximate surface area is 109 Å². The fourth-order valence-corrected chi connectivity index (χ4v) is 1.13. The first-order valence-electron chi connectivity index (χ1n) is 6.15. The monoisotopic (exact) mass is 256 g/mol. The van der Waals surface area contributed by atoms with E-state index in [0.29, 0.717) is 6.61 Å². The molecule has 0 aliphatic heterocycles. The molecule has 0 spiro atoms. The van der Waals surface area contributed by atoms with Crippen LogP contribution in [0.25, 0.3) is 0 Å². The standard InChI is InChI=1S/C8H10O.C6H14O3/c9-7-6-8-4-2-1-3-5-8;1-5(8)4-9-6(2)3-7/h1-5,9H,6-7H2;5-8H,3-4H2,1-2H3. The highest BCUT2D eigenvalue weighted by molar-refractivity contribution is 5.14. The lowest BCUT2D eigenvalue weighted by Gasteiger charge is -2.10. The first-order valence-corrected chi connectivity index (χ1v) is 6.15. The number of hydrogen-bond donors (Lipinski definition) is 3. The third kappa shape index (κ3) is 10.2. The highest BCUT2D eigenvalue weighted by Crippen LogP contribution is 1.97. The Hall–Kier alpha value is -0.940. The molecule has 4 heteroatoms. The number of aliphatic hydroxyl groups excluding tert-OH is 3. The number of benzene rings is 1. The van der Waals surface area contributed by atoms with E-state index in [2.05, 4.69) is 0 Å². The third-order valence-corrected chi connectivity index (χ3v) is 2.12. The number of aliphatic hydroxyl groups is 3. The van der Waals surface area contributed by atoms with Crippen LogP contribution in [0.1, 0.15) is 19.4 Å². The van der Waals surface area contributed by atoms with Crippen molar-refractivity contribution in [2.45, 2.75) is 32.5 Å². The molecule has 0 fully saturated rings. The average Bonchev–Trinajstić information content (AvgIpc) is 2.38. The molecule has 3 N–H and O–H groups in total. The summed E-state index contributed by atoms with van der Waals surface area (Å²) in [6.07, 6.45) is 0.152. The second kappa shape index (κ2) is 11.2. The predicted octanol–water partition coefficient (Wildman–Crippen LogP) is 0.986. The minimum Gasteiger partial charge on any atom is -0.396 e. The molecule has 0 saturated carbocycles. The zero-order chi connectivity index (χ0) is 13.8. The van der Waals surface area contributed by atoms with Crippen LogP contribution in [0.2, 0.25) is 0 Å². The van der Waals surface area contributed by atoms with Crippen molar-refractivity contribution in [3.8, 4) is 0 Å². The summed E-state index contributed by atoms with van der Waals surface area (Å²) in [4.78, 5) is 0. The zero-order valence-corrected chi connectivity index (χ0v) is 11.1. The van der Waals surface area contributed by atoms with Gasteiger partial charge in [-0.05, 0) is 25.8 Å². The normalized spacial score (nSPS) is 13.4. The maximum atomic E-state index is 8.69. The van der Waals surface area contributed by atoms with Crippen molar-refractivity contribution in [2.24, 2.45) is 0 Å². The van der Waals surface area contributed by atoms with Crippen molar-refractivity contribution in [3.05, 3.63) is 35.9 Å². The van der Waals surface area contributed by atoms with Gasteiger partial charge in [0.05, 0.1) is 25.4 Å². The molecule has 1 aromatic rings. The predicted molar refractivity (Wildman–Crippen MR) is 71.4 cm³/mol. The van der Waals surface area contributed by atoms with Crippen molar-refractivity contribution in [2.75, 3.05) is 19.8 Å². The Morgan fingerprint density at radius 3 is 2.17 bits per heavy atom. The highest BCUT2D eigenvalue weighted by atomic mass is 16.5. The molecule has 0 amide bonds. The van der Waals surface area contributed by atoms with Crippen LogP contribution in [0.15, 0.2) is 30.3 Å². The van der Waals surface area contributed by atoms with Gasteiger partial charge in [-0.25, -0.2) is 0 Å². The first-order chi connectivity index (χ1) is 8.60. The molecule has 1 aromatic carbocycles. The number of rotatable bonds is 6. The molecule has 18 heavy (non-hydrogen) atoms. The van der Waals surface area contributed by atoms with Gasteiger partial charge in [0.2, 0.25) is 0 Å². The minimum absolute atomic E-state index is 0.00667. The van der Waals surface area contributed by atoms with Gasteiger partial charge in [0.1, 0.15) is 0 Å². The molecule has 0 saturated heterocycles. The van der Waals surface area contributed by atoms with E-state index in [0.717, 1.165) is 6.42 Å². The van der Waals surface area contributed by atoms with E-state index < -0.39 is 6.10 Å². The number of ether oxygens (including phenoxy) is 1. The Bertz CT molecular complexity index is 274. The van der Waals surface area contributed by atoms with E-state index >= 15 is 0 Å². The van der Waals surface area contributed by atoms with E-state index in [-0.39, 0.29) is 19.3 Å². The van der Waals surface area contributed by atoms with Crippen LogP contribution in [0.5, 0.6) is 0 Å². The summed E-state index contributed by atoms with van der Waals surface area (Å²) in [5.41, 5.74) is 1.19. The van der Waals surface area contributed by atoms with Crippen LogP contribution < -0.4 is 0 Å². The van der Waals surface area contributed by atoms with Gasteiger partial charge in [-0.2, -0.15) is 0 Å². The van der Waals surface area contributed by atoms with Gasteiger partial charge in [0.25, 0.3) is 0 Å². The summed E-state index contributed by atoms with van der Waals surface area (Å²) >= 11 is 0. The summed E-state index contributed by atoms with van der Waals surface area (Å²) in [5, 5.41) is 25.7. The van der Waals surface area contributed by atoms with Gasteiger partial charge in [-0.1, -0.05) is 30.3 Å². The lowest BCUT2D eigenvalue weighted by atomic mass is 10.2. The van der Waals surface area contributed by atoms with Gasteiger partial charge in [0.15, 0.2) is 0 Å². The second-order valence-corrected chi connectivity index (χ2v) is 4.13. The van der Waals surface area contributed by atoms with E-state index in [4.69, 9.17) is 20.1 Å². The van der Waals surface area contributed by atoms with Gasteiger partial charge in [-0.3, -0.25) is 0 Å². The zero-order valence-electron chi connectivity index (χ0n) is 11.1. The Balaban J connectivity index is 0.000000321. The lowest BCUT2D eigenvalue weighted by molar-refractivity contribution is -0.0177. The Morgan fingerprint density at radius 1 is 1.11 bits per heavy atom. The molecule has 0 aromatic heterocycles. The third-order valence-electron chi connectivity index (χ3n) is 2.12. The minimum atomic E-state index is -0.445. The molecule has 104 valence electrons. The van der Waals surface area contributed by atoms with Gasteiger partial charge >= 0.3 is 0 Å². The molecule has 0 bridgehead atoms. The quantitative estimate of drug-likeness (QED) is 0.710. The summed E-state index contributed by atoms with van der Waals surface area (Å²) in [5.74, 6) is 0. The van der Waals surface area contributed by atoms with Crippen LogP contribution in [0.3, 0.4) is 0 Å². The van der Waals surface area contributed by atoms with Crippen molar-refractivity contribution >= 4 is 0 Å². The Kier molecular flexibility index (Phi) is 10.6. The SMILES string of the molecule is CC(O)COC(C)CO.OCCc1ccccc1. The smallest absolute Gasteiger partial charge is 0.0779 e. The van der Waals surface area contributed by atoms with Crippen LogP contribution in [-0.2, 0) is 11.2 Å². The highest BCUT2D eigenvalue weighted by Gasteiger charge is 2.00. The molecular formula is C14H24O4.